The molecule has 0 aliphatic carbocycles. The molecular formula is C13H18O5. The number of carbonyl (C=O) groups is 1. The summed E-state index contributed by atoms with van der Waals surface area (Å²) >= 11 is 0. The lowest BCUT2D eigenvalue weighted by Crippen LogP contribution is -2.23. The molecule has 100 valence electrons. The molecule has 0 bridgehead atoms. The van der Waals surface area contributed by atoms with Gasteiger partial charge in [-0.3, -0.25) is 0 Å². The van der Waals surface area contributed by atoms with Crippen molar-refractivity contribution in [2.75, 3.05) is 19.8 Å². The van der Waals surface area contributed by atoms with Gasteiger partial charge in [0.15, 0.2) is 6.29 Å². The summed E-state index contributed by atoms with van der Waals surface area (Å²) in [6, 6.07) is 3.23. The molecule has 0 N–H and O–H groups in total. The van der Waals surface area contributed by atoms with E-state index in [-0.39, 0.29) is 12.1 Å². The summed E-state index contributed by atoms with van der Waals surface area (Å²) < 4.78 is 20.9. The average molecular weight is 254 g/mol. The summed E-state index contributed by atoms with van der Waals surface area (Å²) in [6.45, 7) is 1.64. The zero-order chi connectivity index (χ0) is 12.6. The normalized spacial score (nSPS) is 19.7. The van der Waals surface area contributed by atoms with Crippen LogP contribution < -0.4 is 0 Å². The minimum Gasteiger partial charge on any atom is -0.460 e. The monoisotopic (exact) mass is 254 g/mol. The summed E-state index contributed by atoms with van der Waals surface area (Å²) in [4.78, 5) is 11.4. The third kappa shape index (κ3) is 4.16. The highest BCUT2D eigenvalue weighted by Crippen LogP contribution is 2.13. The first-order valence-electron chi connectivity index (χ1n) is 6.30. The fourth-order valence-electron chi connectivity index (χ4n) is 1.75. The maximum absolute atomic E-state index is 11.4. The second-order valence-corrected chi connectivity index (χ2v) is 4.13. The second-order valence-electron chi connectivity index (χ2n) is 4.13. The van der Waals surface area contributed by atoms with Gasteiger partial charge in [-0.25, -0.2) is 4.79 Å². The van der Waals surface area contributed by atoms with Gasteiger partial charge in [-0.2, -0.15) is 0 Å². The fourth-order valence-corrected chi connectivity index (χ4v) is 1.75. The molecule has 0 amide bonds. The van der Waals surface area contributed by atoms with Crippen molar-refractivity contribution in [1.82, 2.24) is 0 Å². The van der Waals surface area contributed by atoms with Gasteiger partial charge in [-0.05, 0) is 31.4 Å². The number of ether oxygens (including phenoxy) is 3. The minimum absolute atomic E-state index is 0.0838. The van der Waals surface area contributed by atoms with E-state index < -0.39 is 5.97 Å². The van der Waals surface area contributed by atoms with Crippen LogP contribution in [0.5, 0.6) is 0 Å². The van der Waals surface area contributed by atoms with E-state index in [1.54, 1.807) is 12.1 Å². The van der Waals surface area contributed by atoms with Crippen molar-refractivity contribution >= 4 is 5.97 Å². The maximum atomic E-state index is 11.4. The molecule has 5 heteroatoms. The highest BCUT2D eigenvalue weighted by atomic mass is 16.7. The SMILES string of the molecule is O=C(OCCCOC1CCCCO1)c1ccco1. The van der Waals surface area contributed by atoms with Gasteiger partial charge < -0.3 is 18.6 Å². The van der Waals surface area contributed by atoms with E-state index in [0.717, 1.165) is 25.9 Å². The van der Waals surface area contributed by atoms with Crippen LogP contribution in [0, 0.1) is 0 Å². The molecule has 1 aromatic rings. The van der Waals surface area contributed by atoms with Crippen LogP contribution in [0.2, 0.25) is 0 Å². The van der Waals surface area contributed by atoms with Crippen LogP contribution in [0.1, 0.15) is 36.2 Å². The van der Waals surface area contributed by atoms with Crippen LogP contribution >= 0.6 is 0 Å². The molecule has 0 aromatic carbocycles. The molecular weight excluding hydrogens is 236 g/mol. The lowest BCUT2D eigenvalue weighted by atomic mass is 10.2. The molecule has 1 aliphatic heterocycles. The summed E-state index contributed by atoms with van der Waals surface area (Å²) in [5.74, 6) is -0.208. The van der Waals surface area contributed by atoms with Crippen molar-refractivity contribution in [3.8, 4) is 0 Å². The van der Waals surface area contributed by atoms with Crippen molar-refractivity contribution in [3.05, 3.63) is 24.2 Å². The molecule has 1 saturated heterocycles. The Morgan fingerprint density at radius 2 is 2.33 bits per heavy atom. The van der Waals surface area contributed by atoms with Crippen molar-refractivity contribution in [2.45, 2.75) is 32.0 Å². The van der Waals surface area contributed by atoms with Crippen LogP contribution in [0.4, 0.5) is 0 Å². The lowest BCUT2D eigenvalue weighted by molar-refractivity contribution is -0.163. The summed E-state index contributed by atoms with van der Waals surface area (Å²) in [7, 11) is 0. The van der Waals surface area contributed by atoms with E-state index in [1.165, 1.54) is 6.26 Å². The van der Waals surface area contributed by atoms with Gasteiger partial charge in [0.25, 0.3) is 0 Å². The van der Waals surface area contributed by atoms with Gasteiger partial charge in [-0.1, -0.05) is 0 Å². The predicted octanol–water partition coefficient (Wildman–Crippen LogP) is 2.37. The van der Waals surface area contributed by atoms with Gasteiger partial charge in [0.1, 0.15) is 0 Å². The molecule has 1 aromatic heterocycles. The van der Waals surface area contributed by atoms with Crippen LogP contribution in [-0.4, -0.2) is 32.1 Å². The van der Waals surface area contributed by atoms with E-state index in [2.05, 4.69) is 0 Å². The molecule has 2 heterocycles. The van der Waals surface area contributed by atoms with E-state index in [1.807, 2.05) is 0 Å². The quantitative estimate of drug-likeness (QED) is 0.576. The molecule has 1 atom stereocenters. The first kappa shape index (κ1) is 13.1. The Kier molecular flexibility index (Phi) is 5.23. The lowest BCUT2D eigenvalue weighted by Gasteiger charge is -2.22. The Balaban J connectivity index is 1.52. The third-order valence-corrected chi connectivity index (χ3v) is 2.69. The highest BCUT2D eigenvalue weighted by Gasteiger charge is 2.14. The third-order valence-electron chi connectivity index (χ3n) is 2.69. The van der Waals surface area contributed by atoms with E-state index >= 15 is 0 Å². The van der Waals surface area contributed by atoms with Gasteiger partial charge in [0.05, 0.1) is 19.5 Å². The molecule has 18 heavy (non-hydrogen) atoms. The maximum Gasteiger partial charge on any atom is 0.374 e. The Morgan fingerprint density at radius 1 is 1.39 bits per heavy atom. The molecule has 5 nitrogen and oxygen atoms in total. The predicted molar refractivity (Wildman–Crippen MR) is 63.2 cm³/mol. The standard InChI is InChI=1S/C13H18O5/c14-13(11-5-3-8-15-11)18-10-4-9-17-12-6-1-2-7-16-12/h3,5,8,12H,1-2,4,6-7,9-10H2. The largest absolute Gasteiger partial charge is 0.460 e. The van der Waals surface area contributed by atoms with Crippen molar-refractivity contribution in [2.24, 2.45) is 0 Å². The zero-order valence-electron chi connectivity index (χ0n) is 10.3. The Morgan fingerprint density at radius 3 is 3.06 bits per heavy atom. The molecule has 0 saturated carbocycles. The van der Waals surface area contributed by atoms with Gasteiger partial charge in [0.2, 0.25) is 5.76 Å². The Bertz CT molecular complexity index is 340. The van der Waals surface area contributed by atoms with Crippen LogP contribution in [0.3, 0.4) is 0 Å². The van der Waals surface area contributed by atoms with Crippen molar-refractivity contribution in [1.29, 1.82) is 0 Å². The minimum atomic E-state index is -0.436. The van der Waals surface area contributed by atoms with Gasteiger partial charge in [-0.15, -0.1) is 0 Å². The molecule has 2 rings (SSSR count). The molecule has 1 unspecified atom stereocenters. The zero-order valence-corrected chi connectivity index (χ0v) is 10.3. The number of carbonyl (C=O) groups excluding carboxylic acids is 1. The van der Waals surface area contributed by atoms with Gasteiger partial charge in [0, 0.05) is 13.0 Å². The second kappa shape index (κ2) is 7.18. The molecule has 1 fully saturated rings. The fraction of sp³-hybridized carbons (Fsp3) is 0.615. The van der Waals surface area contributed by atoms with Crippen LogP contribution in [-0.2, 0) is 14.2 Å². The molecule has 1 aliphatic rings. The Labute approximate surface area is 106 Å². The topological polar surface area (TPSA) is 57.9 Å². The summed E-state index contributed by atoms with van der Waals surface area (Å²) in [6.07, 6.45) is 5.23. The highest BCUT2D eigenvalue weighted by molar-refractivity contribution is 5.86. The number of esters is 1. The number of hydrogen-bond acceptors (Lipinski definition) is 5. The molecule has 0 spiro atoms. The summed E-state index contributed by atoms with van der Waals surface area (Å²) in [5, 5.41) is 0. The van der Waals surface area contributed by atoms with E-state index in [0.29, 0.717) is 19.6 Å². The smallest absolute Gasteiger partial charge is 0.374 e. The first-order chi connectivity index (χ1) is 8.86. The van der Waals surface area contributed by atoms with Crippen molar-refractivity contribution in [3.63, 3.8) is 0 Å². The van der Waals surface area contributed by atoms with E-state index in [4.69, 9.17) is 18.6 Å². The van der Waals surface area contributed by atoms with Crippen molar-refractivity contribution < 1.29 is 23.4 Å². The molecule has 0 radical (unpaired) electrons. The van der Waals surface area contributed by atoms with E-state index in [9.17, 15) is 4.79 Å². The number of furan rings is 1. The van der Waals surface area contributed by atoms with Crippen LogP contribution in [0.15, 0.2) is 22.8 Å². The number of rotatable bonds is 6. The van der Waals surface area contributed by atoms with Gasteiger partial charge >= 0.3 is 5.97 Å². The summed E-state index contributed by atoms with van der Waals surface area (Å²) in [5.41, 5.74) is 0. The average Bonchev–Trinajstić information content (AvgIpc) is 2.93. The number of hydrogen-bond donors (Lipinski definition) is 0. The first-order valence-corrected chi connectivity index (χ1v) is 6.30. The van der Waals surface area contributed by atoms with Crippen LogP contribution in [0.25, 0.3) is 0 Å². The Hall–Kier alpha value is -1.33.